The minimum atomic E-state index is -1.02. The van der Waals surface area contributed by atoms with E-state index in [1.54, 1.807) is 28.1 Å². The predicted octanol–water partition coefficient (Wildman–Crippen LogP) is -2.84. The van der Waals surface area contributed by atoms with Crippen LogP contribution in [0.15, 0.2) is 0 Å². The van der Waals surface area contributed by atoms with Gasteiger partial charge < -0.3 is 19.4 Å². The van der Waals surface area contributed by atoms with Crippen LogP contribution in [0.3, 0.4) is 0 Å². The van der Waals surface area contributed by atoms with Gasteiger partial charge in [-0.15, -0.1) is 0 Å². The van der Waals surface area contributed by atoms with Crippen LogP contribution in [-0.4, -0.2) is 44.4 Å². The van der Waals surface area contributed by atoms with E-state index in [1.807, 2.05) is 0 Å². The molecule has 0 bridgehead atoms. The summed E-state index contributed by atoms with van der Waals surface area (Å²) in [5.41, 5.74) is -0.796. The van der Waals surface area contributed by atoms with Gasteiger partial charge in [0.15, 0.2) is 0 Å². The number of thioether (sulfide) groups is 1. The molecule has 0 aliphatic carbocycles. The number of methoxy groups -OCH3 is 2. The first kappa shape index (κ1) is 19.1. The average Bonchev–Trinajstić information content (AvgIpc) is 2.16. The Morgan fingerprint density at radius 3 is 2.38 bits per heavy atom. The molecule has 1 atom stereocenters. The van der Waals surface area contributed by atoms with E-state index in [0.717, 1.165) is 5.75 Å². The first-order valence-corrected chi connectivity index (χ1v) is 5.90. The second kappa shape index (κ2) is 9.74. The number of carboxylic acid groups (broad SMARTS) is 1. The van der Waals surface area contributed by atoms with E-state index in [2.05, 4.69) is 0 Å². The number of carbonyl (C=O) groups excluding carboxylic acids is 1. The summed E-state index contributed by atoms with van der Waals surface area (Å²) in [6.07, 6.45) is 0.0116. The second-order valence-corrected chi connectivity index (χ2v) is 5.03. The van der Waals surface area contributed by atoms with E-state index >= 15 is 0 Å². The van der Waals surface area contributed by atoms with Gasteiger partial charge in [-0.3, -0.25) is 0 Å². The average molecular weight is 258 g/mol. The standard InChI is InChI=1S/C10H20O4S.Na/c1-10(2,9(11)12)7-15-6-8(14-4)5-13-3;/h8H,5-7H2,1-4H3,(H,11,12);/q;+1/p-1. The molecule has 0 aromatic heterocycles. The van der Waals surface area contributed by atoms with Crippen molar-refractivity contribution in [1.29, 1.82) is 0 Å². The third-order valence-corrected chi connectivity index (χ3v) is 3.54. The van der Waals surface area contributed by atoms with E-state index in [4.69, 9.17) is 9.47 Å². The van der Waals surface area contributed by atoms with E-state index in [-0.39, 0.29) is 35.7 Å². The summed E-state index contributed by atoms with van der Waals surface area (Å²) in [5.74, 6) is 0.218. The van der Waals surface area contributed by atoms with Crippen molar-refractivity contribution in [2.75, 3.05) is 32.3 Å². The summed E-state index contributed by atoms with van der Waals surface area (Å²) >= 11 is 1.54. The van der Waals surface area contributed by atoms with Crippen molar-refractivity contribution in [1.82, 2.24) is 0 Å². The van der Waals surface area contributed by atoms with E-state index in [1.165, 1.54) is 11.8 Å². The minimum Gasteiger partial charge on any atom is -0.550 e. The molecule has 6 heteroatoms. The van der Waals surface area contributed by atoms with Gasteiger partial charge in [-0.25, -0.2) is 0 Å². The van der Waals surface area contributed by atoms with Gasteiger partial charge >= 0.3 is 29.6 Å². The van der Waals surface area contributed by atoms with E-state index in [9.17, 15) is 9.90 Å². The maximum Gasteiger partial charge on any atom is 1.00 e. The molecule has 0 spiro atoms. The molecular formula is C10H19NaO4S. The molecule has 0 rings (SSSR count). The van der Waals surface area contributed by atoms with Gasteiger partial charge in [-0.05, 0) is 0 Å². The Labute approximate surface area is 124 Å². The van der Waals surface area contributed by atoms with Crippen molar-refractivity contribution in [2.45, 2.75) is 20.0 Å². The van der Waals surface area contributed by atoms with Gasteiger partial charge in [0.25, 0.3) is 0 Å². The van der Waals surface area contributed by atoms with Crippen LogP contribution in [0.1, 0.15) is 13.8 Å². The largest absolute Gasteiger partial charge is 1.00 e. The summed E-state index contributed by atoms with van der Waals surface area (Å²) in [5, 5.41) is 10.7. The first-order valence-electron chi connectivity index (χ1n) is 4.75. The van der Waals surface area contributed by atoms with Crippen LogP contribution in [0.4, 0.5) is 0 Å². The van der Waals surface area contributed by atoms with Gasteiger partial charge in [0.2, 0.25) is 0 Å². The maximum atomic E-state index is 10.7. The molecule has 0 N–H and O–H groups in total. The summed E-state index contributed by atoms with van der Waals surface area (Å²) in [6.45, 7) is 3.84. The van der Waals surface area contributed by atoms with E-state index < -0.39 is 11.4 Å². The van der Waals surface area contributed by atoms with Gasteiger partial charge in [0.05, 0.1) is 12.7 Å². The number of ether oxygens (including phenoxy) is 2. The number of hydrogen-bond donors (Lipinski definition) is 0. The summed E-state index contributed by atoms with van der Waals surface area (Å²) in [7, 11) is 3.23. The Balaban J connectivity index is 0. The number of carbonyl (C=O) groups is 1. The van der Waals surface area contributed by atoms with Crippen molar-refractivity contribution < 1.29 is 48.9 Å². The number of rotatable bonds is 8. The Morgan fingerprint density at radius 2 is 2.00 bits per heavy atom. The fourth-order valence-electron chi connectivity index (χ4n) is 0.875. The quantitative estimate of drug-likeness (QED) is 0.439. The van der Waals surface area contributed by atoms with Crippen molar-refractivity contribution in [2.24, 2.45) is 5.41 Å². The second-order valence-electron chi connectivity index (χ2n) is 4.00. The van der Waals surface area contributed by atoms with Crippen molar-refractivity contribution in [3.05, 3.63) is 0 Å². The topological polar surface area (TPSA) is 58.6 Å². The molecule has 0 fully saturated rings. The van der Waals surface area contributed by atoms with Gasteiger partial charge in [0.1, 0.15) is 0 Å². The Hall–Kier alpha value is 0.740. The zero-order valence-electron chi connectivity index (χ0n) is 10.7. The normalized spacial score (nSPS) is 13.0. The zero-order valence-corrected chi connectivity index (χ0v) is 13.6. The Kier molecular flexibility index (Phi) is 11.6. The molecule has 0 heterocycles. The molecule has 1 unspecified atom stereocenters. The van der Waals surface area contributed by atoms with Crippen LogP contribution in [0.5, 0.6) is 0 Å². The molecule has 0 saturated heterocycles. The van der Waals surface area contributed by atoms with Crippen LogP contribution in [-0.2, 0) is 14.3 Å². The van der Waals surface area contributed by atoms with Crippen LogP contribution in [0, 0.1) is 5.41 Å². The third kappa shape index (κ3) is 7.92. The predicted molar refractivity (Wildman–Crippen MR) is 58.8 cm³/mol. The van der Waals surface area contributed by atoms with Gasteiger partial charge in [0, 0.05) is 37.1 Å². The molecule has 0 amide bonds. The van der Waals surface area contributed by atoms with Crippen molar-refractivity contribution in [3.8, 4) is 0 Å². The van der Waals surface area contributed by atoms with Crippen molar-refractivity contribution in [3.63, 3.8) is 0 Å². The molecule has 0 aromatic rings. The first-order chi connectivity index (χ1) is 6.94. The molecule has 0 aliphatic heterocycles. The molecule has 0 aromatic carbocycles. The molecule has 16 heavy (non-hydrogen) atoms. The molecule has 0 aliphatic rings. The molecule has 90 valence electrons. The summed E-state index contributed by atoms with van der Waals surface area (Å²) in [6, 6.07) is 0. The van der Waals surface area contributed by atoms with Crippen molar-refractivity contribution >= 4 is 17.7 Å². The maximum absolute atomic E-state index is 10.7. The van der Waals surface area contributed by atoms with Gasteiger partial charge in [-0.2, -0.15) is 11.8 Å². The fourth-order valence-corrected chi connectivity index (χ4v) is 2.12. The molecular weight excluding hydrogens is 239 g/mol. The van der Waals surface area contributed by atoms with Crippen LogP contribution < -0.4 is 34.7 Å². The van der Waals surface area contributed by atoms with Crippen LogP contribution in [0.2, 0.25) is 0 Å². The van der Waals surface area contributed by atoms with Gasteiger partial charge in [-0.1, -0.05) is 13.8 Å². The SMILES string of the molecule is COCC(CSCC(C)(C)C(=O)[O-])OC.[Na+]. The van der Waals surface area contributed by atoms with Crippen LogP contribution in [0.25, 0.3) is 0 Å². The third-order valence-electron chi connectivity index (χ3n) is 2.01. The molecule has 4 nitrogen and oxygen atoms in total. The number of hydrogen-bond acceptors (Lipinski definition) is 5. The van der Waals surface area contributed by atoms with Crippen LogP contribution >= 0.6 is 11.8 Å². The fraction of sp³-hybridized carbons (Fsp3) is 0.900. The number of aliphatic carboxylic acids is 1. The zero-order chi connectivity index (χ0) is 11.9. The molecule has 0 radical (unpaired) electrons. The Morgan fingerprint density at radius 1 is 1.44 bits per heavy atom. The summed E-state index contributed by atoms with van der Waals surface area (Å²) in [4.78, 5) is 10.7. The molecule has 0 saturated carbocycles. The smallest absolute Gasteiger partial charge is 0.550 e. The monoisotopic (exact) mass is 258 g/mol. The number of carboxylic acids is 1. The Bertz CT molecular complexity index is 199. The minimum absolute atomic E-state index is 0. The summed E-state index contributed by atoms with van der Waals surface area (Å²) < 4.78 is 10.1. The van der Waals surface area contributed by atoms with E-state index in [0.29, 0.717) is 12.4 Å².